The van der Waals surface area contributed by atoms with E-state index in [-0.39, 0.29) is 6.10 Å². The van der Waals surface area contributed by atoms with E-state index in [0.717, 1.165) is 31.9 Å². The molecule has 1 aromatic rings. The molecule has 0 bridgehead atoms. The van der Waals surface area contributed by atoms with Gasteiger partial charge in [0.25, 0.3) is 0 Å². The van der Waals surface area contributed by atoms with Crippen molar-refractivity contribution in [2.45, 2.75) is 38.3 Å². The minimum atomic E-state index is 0.287. The molecule has 0 aromatic heterocycles. The molecule has 2 nitrogen and oxygen atoms in total. The maximum atomic E-state index is 6.09. The first-order valence-corrected chi connectivity index (χ1v) is 9.04. The average molecular weight is 291 g/mol. The van der Waals surface area contributed by atoms with Crippen LogP contribution in [0.4, 0.5) is 0 Å². The van der Waals surface area contributed by atoms with Crippen LogP contribution < -0.4 is 5.32 Å². The number of thioether (sulfide) groups is 1. The van der Waals surface area contributed by atoms with Gasteiger partial charge in [0.05, 0.1) is 12.7 Å². The quantitative estimate of drug-likeness (QED) is 0.898. The molecule has 0 aliphatic carbocycles. The lowest BCUT2D eigenvalue weighted by molar-refractivity contribution is 0.0255. The van der Waals surface area contributed by atoms with Gasteiger partial charge >= 0.3 is 0 Å². The van der Waals surface area contributed by atoms with Crippen molar-refractivity contribution in [3.8, 4) is 0 Å². The van der Waals surface area contributed by atoms with E-state index in [1.54, 1.807) is 0 Å². The minimum Gasteiger partial charge on any atom is -0.373 e. The summed E-state index contributed by atoms with van der Waals surface area (Å²) in [6.07, 6.45) is 3.83. The van der Waals surface area contributed by atoms with Crippen molar-refractivity contribution in [2.24, 2.45) is 5.92 Å². The van der Waals surface area contributed by atoms with Gasteiger partial charge in [-0.2, -0.15) is 11.8 Å². The van der Waals surface area contributed by atoms with Crippen LogP contribution >= 0.6 is 11.8 Å². The van der Waals surface area contributed by atoms with Gasteiger partial charge in [0, 0.05) is 6.04 Å². The number of rotatable bonds is 5. The van der Waals surface area contributed by atoms with E-state index in [0.29, 0.717) is 6.04 Å². The number of fused-ring (bicyclic) bond motifs is 1. The fraction of sp³-hybridized carbons (Fsp3) is 0.647. The third-order valence-electron chi connectivity index (χ3n) is 4.56. The Labute approximate surface area is 126 Å². The van der Waals surface area contributed by atoms with Crippen LogP contribution in [0.1, 0.15) is 37.0 Å². The normalized spacial score (nSPS) is 27.2. The van der Waals surface area contributed by atoms with Gasteiger partial charge in [0.1, 0.15) is 0 Å². The van der Waals surface area contributed by atoms with Gasteiger partial charge in [0.2, 0.25) is 0 Å². The second-order valence-corrected chi connectivity index (χ2v) is 6.98. The molecule has 20 heavy (non-hydrogen) atoms. The summed E-state index contributed by atoms with van der Waals surface area (Å²) in [5.74, 6) is 3.46. The highest BCUT2D eigenvalue weighted by Crippen LogP contribution is 2.35. The summed E-state index contributed by atoms with van der Waals surface area (Å²) < 4.78 is 6.09. The van der Waals surface area contributed by atoms with Gasteiger partial charge < -0.3 is 10.1 Å². The van der Waals surface area contributed by atoms with Gasteiger partial charge in [-0.1, -0.05) is 31.2 Å². The molecule has 2 heterocycles. The smallest absolute Gasteiger partial charge is 0.0842 e. The summed E-state index contributed by atoms with van der Waals surface area (Å²) in [4.78, 5) is 0. The first-order valence-electron chi connectivity index (χ1n) is 7.89. The Morgan fingerprint density at radius 2 is 2.30 bits per heavy atom. The van der Waals surface area contributed by atoms with E-state index in [1.807, 2.05) is 0 Å². The van der Waals surface area contributed by atoms with Gasteiger partial charge in [-0.25, -0.2) is 0 Å². The molecule has 1 saturated heterocycles. The molecule has 3 rings (SSSR count). The van der Waals surface area contributed by atoms with Crippen LogP contribution in [0.5, 0.6) is 0 Å². The largest absolute Gasteiger partial charge is 0.373 e. The lowest BCUT2D eigenvalue weighted by Crippen LogP contribution is -2.38. The predicted molar refractivity (Wildman–Crippen MR) is 86.4 cm³/mol. The van der Waals surface area contributed by atoms with Crippen LogP contribution in [-0.4, -0.2) is 30.7 Å². The van der Waals surface area contributed by atoms with E-state index < -0.39 is 0 Å². The van der Waals surface area contributed by atoms with E-state index in [4.69, 9.17) is 4.74 Å². The number of nitrogens with one attached hydrogen (secondary N) is 1. The molecular weight excluding hydrogens is 266 g/mol. The maximum absolute atomic E-state index is 6.09. The second kappa shape index (κ2) is 6.97. The SMILES string of the molecule is CCNC(CC1OCCc2ccccc21)C1CCSC1. The van der Waals surface area contributed by atoms with Gasteiger partial charge in [-0.05, 0) is 54.4 Å². The zero-order chi connectivity index (χ0) is 13.8. The highest BCUT2D eigenvalue weighted by Gasteiger charge is 2.30. The second-order valence-electron chi connectivity index (χ2n) is 5.83. The summed E-state index contributed by atoms with van der Waals surface area (Å²) in [5.41, 5.74) is 2.91. The molecule has 0 radical (unpaired) electrons. The van der Waals surface area contributed by atoms with Crippen LogP contribution in [0.3, 0.4) is 0 Å². The van der Waals surface area contributed by atoms with Crippen molar-refractivity contribution in [3.63, 3.8) is 0 Å². The number of ether oxygens (including phenoxy) is 1. The lowest BCUT2D eigenvalue weighted by atomic mass is 9.88. The number of hydrogen-bond acceptors (Lipinski definition) is 3. The van der Waals surface area contributed by atoms with Gasteiger partial charge in [0.15, 0.2) is 0 Å². The summed E-state index contributed by atoms with van der Waals surface area (Å²) in [6.45, 7) is 4.14. The van der Waals surface area contributed by atoms with Crippen LogP contribution in [0.15, 0.2) is 24.3 Å². The first kappa shape index (κ1) is 14.4. The molecule has 2 aliphatic rings. The zero-order valence-electron chi connectivity index (χ0n) is 12.3. The van der Waals surface area contributed by atoms with Crippen molar-refractivity contribution in [3.05, 3.63) is 35.4 Å². The monoisotopic (exact) mass is 291 g/mol. The molecule has 3 heteroatoms. The van der Waals surface area contributed by atoms with Crippen LogP contribution in [0.25, 0.3) is 0 Å². The van der Waals surface area contributed by atoms with E-state index >= 15 is 0 Å². The highest BCUT2D eigenvalue weighted by atomic mass is 32.2. The molecule has 0 spiro atoms. The molecule has 3 unspecified atom stereocenters. The molecule has 0 saturated carbocycles. The topological polar surface area (TPSA) is 21.3 Å². The Kier molecular flexibility index (Phi) is 5.03. The third kappa shape index (κ3) is 3.21. The summed E-state index contributed by atoms with van der Waals surface area (Å²) in [7, 11) is 0. The number of hydrogen-bond donors (Lipinski definition) is 1. The fourth-order valence-electron chi connectivity index (χ4n) is 3.48. The van der Waals surface area contributed by atoms with Gasteiger partial charge in [-0.3, -0.25) is 0 Å². The zero-order valence-corrected chi connectivity index (χ0v) is 13.1. The molecule has 1 fully saturated rings. The van der Waals surface area contributed by atoms with Gasteiger partial charge in [-0.15, -0.1) is 0 Å². The molecule has 2 aliphatic heterocycles. The first-order chi connectivity index (χ1) is 9.88. The molecule has 1 N–H and O–H groups in total. The Balaban J connectivity index is 1.72. The standard InChI is InChI=1S/C17H25NOS/c1-2-18-16(14-8-10-20-12-14)11-17-15-6-4-3-5-13(15)7-9-19-17/h3-6,14,16-18H,2,7-12H2,1H3. The molecule has 3 atom stereocenters. The van der Waals surface area contributed by atoms with Crippen molar-refractivity contribution in [1.29, 1.82) is 0 Å². The number of benzene rings is 1. The highest BCUT2D eigenvalue weighted by molar-refractivity contribution is 7.99. The lowest BCUT2D eigenvalue weighted by Gasteiger charge is -2.32. The molecular formula is C17H25NOS. The summed E-state index contributed by atoms with van der Waals surface area (Å²) >= 11 is 2.10. The predicted octanol–water partition coefficient (Wildman–Crippen LogP) is 3.42. The Morgan fingerprint density at radius 3 is 3.10 bits per heavy atom. The van der Waals surface area contributed by atoms with Crippen molar-refractivity contribution < 1.29 is 4.74 Å². The fourth-order valence-corrected chi connectivity index (χ4v) is 4.82. The van der Waals surface area contributed by atoms with Crippen LogP contribution in [0.2, 0.25) is 0 Å². The van der Waals surface area contributed by atoms with E-state index in [9.17, 15) is 0 Å². The molecule has 0 amide bonds. The van der Waals surface area contributed by atoms with Crippen molar-refractivity contribution in [1.82, 2.24) is 5.32 Å². The van der Waals surface area contributed by atoms with Crippen molar-refractivity contribution >= 4 is 11.8 Å². The summed E-state index contributed by atoms with van der Waals surface area (Å²) in [6, 6.07) is 9.42. The van der Waals surface area contributed by atoms with E-state index in [2.05, 4.69) is 48.3 Å². The molecule has 1 aromatic carbocycles. The maximum Gasteiger partial charge on any atom is 0.0842 e. The third-order valence-corrected chi connectivity index (χ3v) is 5.75. The Hall–Kier alpha value is -0.510. The molecule has 110 valence electrons. The Morgan fingerprint density at radius 1 is 1.40 bits per heavy atom. The minimum absolute atomic E-state index is 0.287. The van der Waals surface area contributed by atoms with Crippen molar-refractivity contribution in [2.75, 3.05) is 24.7 Å². The van der Waals surface area contributed by atoms with Crippen LogP contribution in [0, 0.1) is 5.92 Å². The Bertz CT molecular complexity index is 431. The van der Waals surface area contributed by atoms with Crippen LogP contribution in [-0.2, 0) is 11.2 Å². The van der Waals surface area contributed by atoms with E-state index in [1.165, 1.54) is 29.1 Å². The summed E-state index contributed by atoms with van der Waals surface area (Å²) in [5, 5.41) is 3.71. The average Bonchev–Trinajstić information content (AvgIpc) is 3.01.